The zero-order valence-electron chi connectivity index (χ0n) is 15.7. The lowest BCUT2D eigenvalue weighted by Crippen LogP contribution is -2.11. The van der Waals surface area contributed by atoms with Crippen molar-refractivity contribution in [1.82, 2.24) is 0 Å². The van der Waals surface area contributed by atoms with Crippen molar-refractivity contribution >= 4 is 55.0 Å². The average Bonchev–Trinajstić information content (AvgIpc) is 2.56. The molecule has 0 saturated heterocycles. The van der Waals surface area contributed by atoms with E-state index in [0.29, 0.717) is 22.6 Å². The van der Waals surface area contributed by atoms with Crippen LogP contribution in [0.3, 0.4) is 0 Å². The van der Waals surface area contributed by atoms with E-state index in [9.17, 15) is 8.42 Å². The van der Waals surface area contributed by atoms with Crippen molar-refractivity contribution in [3.8, 4) is 19.7 Å². The van der Waals surface area contributed by atoms with Crippen LogP contribution in [-0.2, 0) is 22.7 Å². The summed E-state index contributed by atoms with van der Waals surface area (Å²) < 4.78 is 32.7. The van der Waals surface area contributed by atoms with E-state index < -0.39 is 9.84 Å². The summed E-state index contributed by atoms with van der Waals surface area (Å²) in [5, 5.41) is 0. The molecule has 5 heteroatoms. The van der Waals surface area contributed by atoms with Crippen molar-refractivity contribution in [2.24, 2.45) is 0 Å². The number of rotatable bonds is 4. The van der Waals surface area contributed by atoms with Gasteiger partial charge in [-0.2, -0.15) is 0 Å². The highest BCUT2D eigenvalue weighted by Crippen LogP contribution is 2.32. The van der Waals surface area contributed by atoms with Gasteiger partial charge in [-0.05, 0) is 68.9 Å². The van der Waals surface area contributed by atoms with Crippen molar-refractivity contribution < 1.29 is 8.42 Å². The van der Waals surface area contributed by atoms with E-state index in [1.807, 2.05) is 97.1 Å². The number of sulfone groups is 1. The molecule has 0 unspecified atom stereocenters. The fourth-order valence-corrected chi connectivity index (χ4v) is 6.02. The van der Waals surface area contributed by atoms with E-state index in [1.165, 1.54) is 0 Å². The van der Waals surface area contributed by atoms with Gasteiger partial charge in [0.1, 0.15) is 0 Å². The maximum atomic E-state index is 13.5. The van der Waals surface area contributed by atoms with Crippen LogP contribution in [0.5, 0.6) is 0 Å². The molecule has 27 heavy (non-hydrogen) atoms. The van der Waals surface area contributed by atoms with E-state index in [1.54, 1.807) is 0 Å². The number of aryl methyl sites for hydroxylation is 4. The van der Waals surface area contributed by atoms with Crippen LogP contribution in [0.25, 0.3) is 0 Å². The Labute approximate surface area is 189 Å². The summed E-state index contributed by atoms with van der Waals surface area (Å²) in [6.07, 6.45) is 1.24. The SMILES string of the molecule is Cc1cc(CC#CI)cc(C)c1S(=O)(=O)c1c(C)cc(CC#CI)cc1C. The lowest BCUT2D eigenvalue weighted by Gasteiger charge is -2.17. The number of hydrogen-bond donors (Lipinski definition) is 0. The highest BCUT2D eigenvalue weighted by molar-refractivity contribution is 14.1. The Bertz CT molecular complexity index is 979. The molecule has 0 aliphatic heterocycles. The maximum absolute atomic E-state index is 13.5. The molecule has 0 atom stereocenters. The van der Waals surface area contributed by atoms with Gasteiger partial charge in [0.25, 0.3) is 0 Å². The lowest BCUT2D eigenvalue weighted by molar-refractivity contribution is 0.593. The summed E-state index contributed by atoms with van der Waals surface area (Å²) >= 11 is 4.02. The molecule has 0 aliphatic rings. The summed E-state index contributed by atoms with van der Waals surface area (Å²) in [6.45, 7) is 7.43. The van der Waals surface area contributed by atoms with Gasteiger partial charge in [-0.1, -0.05) is 36.1 Å². The summed E-state index contributed by atoms with van der Waals surface area (Å²) in [5.74, 6) is 6.05. The molecule has 140 valence electrons. The molecular formula is C22H20I2O2S. The summed E-state index contributed by atoms with van der Waals surface area (Å²) in [7, 11) is -3.61. The first-order chi connectivity index (χ1) is 12.7. The number of benzene rings is 2. The van der Waals surface area contributed by atoms with Gasteiger partial charge < -0.3 is 0 Å². The first-order valence-electron chi connectivity index (χ1n) is 8.34. The third kappa shape index (κ3) is 5.07. The largest absolute Gasteiger partial charge is 0.218 e. The van der Waals surface area contributed by atoms with E-state index in [4.69, 9.17) is 0 Å². The quantitative estimate of drug-likeness (QED) is 0.336. The average molecular weight is 602 g/mol. The fraction of sp³-hybridized carbons (Fsp3) is 0.273. The van der Waals surface area contributed by atoms with E-state index in [0.717, 1.165) is 33.4 Å². The van der Waals surface area contributed by atoms with Crippen LogP contribution in [0, 0.1) is 47.4 Å². The molecular weight excluding hydrogens is 582 g/mol. The van der Waals surface area contributed by atoms with Crippen LogP contribution in [0.15, 0.2) is 34.1 Å². The van der Waals surface area contributed by atoms with Crippen molar-refractivity contribution in [2.75, 3.05) is 0 Å². The molecule has 0 amide bonds. The molecule has 0 aromatic heterocycles. The predicted molar refractivity (Wildman–Crippen MR) is 128 cm³/mol. The Balaban J connectivity index is 2.62. The second kappa shape index (κ2) is 9.45. The number of halogens is 2. The van der Waals surface area contributed by atoms with Gasteiger partial charge in [0.15, 0.2) is 0 Å². The van der Waals surface area contributed by atoms with E-state index in [-0.39, 0.29) is 0 Å². The molecule has 0 spiro atoms. The molecule has 0 fully saturated rings. The van der Waals surface area contributed by atoms with Crippen LogP contribution < -0.4 is 0 Å². The normalized spacial score (nSPS) is 10.6. The molecule has 2 aromatic rings. The van der Waals surface area contributed by atoms with Gasteiger partial charge in [-0.3, -0.25) is 0 Å². The van der Waals surface area contributed by atoms with Crippen molar-refractivity contribution in [1.29, 1.82) is 0 Å². The lowest BCUT2D eigenvalue weighted by atomic mass is 10.0. The van der Waals surface area contributed by atoms with Gasteiger partial charge in [0, 0.05) is 58.0 Å². The smallest absolute Gasteiger partial charge is 0.207 e. The number of hydrogen-bond acceptors (Lipinski definition) is 2. The third-order valence-electron chi connectivity index (χ3n) is 4.30. The molecule has 0 radical (unpaired) electrons. The van der Waals surface area contributed by atoms with E-state index >= 15 is 0 Å². The minimum atomic E-state index is -3.61. The first-order valence-corrected chi connectivity index (χ1v) is 12.0. The molecule has 0 saturated carbocycles. The van der Waals surface area contributed by atoms with Gasteiger partial charge in [0.05, 0.1) is 9.79 Å². The molecule has 2 nitrogen and oxygen atoms in total. The maximum Gasteiger partial charge on any atom is 0.207 e. The highest BCUT2D eigenvalue weighted by atomic mass is 127. The monoisotopic (exact) mass is 602 g/mol. The van der Waals surface area contributed by atoms with Gasteiger partial charge in [-0.25, -0.2) is 8.42 Å². The Morgan fingerprint density at radius 2 is 1.00 bits per heavy atom. The van der Waals surface area contributed by atoms with Crippen molar-refractivity contribution in [3.05, 3.63) is 57.6 Å². The first kappa shape index (κ1) is 22.3. The van der Waals surface area contributed by atoms with Gasteiger partial charge in [0.2, 0.25) is 9.84 Å². The highest BCUT2D eigenvalue weighted by Gasteiger charge is 2.26. The summed E-state index contributed by atoms with van der Waals surface area (Å²) in [4.78, 5) is 0.805. The topological polar surface area (TPSA) is 34.1 Å². The van der Waals surface area contributed by atoms with Crippen LogP contribution in [0.2, 0.25) is 0 Å². The molecule has 0 N–H and O–H groups in total. The summed E-state index contributed by atoms with van der Waals surface area (Å²) in [6, 6.07) is 7.71. The third-order valence-corrected chi connectivity index (χ3v) is 7.42. The Morgan fingerprint density at radius 1 is 0.704 bits per heavy atom. The van der Waals surface area contributed by atoms with Crippen LogP contribution in [-0.4, -0.2) is 8.42 Å². The minimum Gasteiger partial charge on any atom is -0.218 e. The molecule has 0 aliphatic carbocycles. The minimum absolute atomic E-state index is 0.402. The Kier molecular flexibility index (Phi) is 7.79. The molecule has 0 heterocycles. The van der Waals surface area contributed by atoms with E-state index in [2.05, 4.69) is 19.7 Å². The fourth-order valence-electron chi connectivity index (χ4n) is 3.50. The van der Waals surface area contributed by atoms with Crippen molar-refractivity contribution in [2.45, 2.75) is 50.3 Å². The van der Waals surface area contributed by atoms with Crippen LogP contribution in [0.1, 0.15) is 33.4 Å². The Hall–Kier alpha value is -1.03. The summed E-state index contributed by atoms with van der Waals surface area (Å²) in [5.41, 5.74) is 5.12. The van der Waals surface area contributed by atoms with Gasteiger partial charge >= 0.3 is 0 Å². The molecule has 2 aromatic carbocycles. The Morgan fingerprint density at radius 3 is 1.26 bits per heavy atom. The second-order valence-electron chi connectivity index (χ2n) is 6.52. The van der Waals surface area contributed by atoms with Gasteiger partial charge in [-0.15, -0.1) is 0 Å². The van der Waals surface area contributed by atoms with Crippen LogP contribution >= 0.6 is 45.2 Å². The standard InChI is InChI=1S/C22H20I2O2S/c1-15-11-19(7-5-9-23)12-16(2)21(15)27(25,26)22-17(3)13-20(8-6-10-24)14-18(22)4/h11-14H,7-8H2,1-4H3. The molecule has 0 bridgehead atoms. The van der Waals surface area contributed by atoms with Crippen molar-refractivity contribution in [3.63, 3.8) is 0 Å². The second-order valence-corrected chi connectivity index (χ2v) is 9.42. The van der Waals surface area contributed by atoms with Crippen LogP contribution in [0.4, 0.5) is 0 Å². The predicted octanol–water partition coefficient (Wildman–Crippen LogP) is 5.63. The molecule has 2 rings (SSSR count). The zero-order chi connectivity index (χ0) is 20.2. The zero-order valence-corrected chi connectivity index (χ0v) is 20.8.